The van der Waals surface area contributed by atoms with Crippen LogP contribution in [0.15, 0.2) is 72.8 Å². The summed E-state index contributed by atoms with van der Waals surface area (Å²) in [7, 11) is 0. The maximum Gasteiger partial charge on any atom is 0.408 e. The molecule has 0 spiro atoms. The fraction of sp³-hybridized carbons (Fsp3) is 0.273. The molecule has 1 atom stereocenters. The van der Waals surface area contributed by atoms with Gasteiger partial charge in [-0.05, 0) is 17.5 Å². The maximum atomic E-state index is 12.5. The highest BCUT2D eigenvalue weighted by molar-refractivity contribution is 5.86. The van der Waals surface area contributed by atoms with E-state index in [1.165, 1.54) is 0 Å². The molecule has 0 aliphatic heterocycles. The van der Waals surface area contributed by atoms with E-state index in [1.54, 1.807) is 12.2 Å². The van der Waals surface area contributed by atoms with Crippen LogP contribution >= 0.6 is 0 Å². The Bertz CT molecular complexity index is 748. The summed E-state index contributed by atoms with van der Waals surface area (Å²) >= 11 is 0. The van der Waals surface area contributed by atoms with Crippen LogP contribution in [-0.4, -0.2) is 36.3 Å². The van der Waals surface area contributed by atoms with Gasteiger partial charge in [0.15, 0.2) is 0 Å². The number of aliphatic hydroxyl groups is 1. The number of nitrogens with one attached hydrogen (secondary N) is 2. The van der Waals surface area contributed by atoms with E-state index in [2.05, 4.69) is 10.6 Å². The molecule has 2 rings (SSSR count). The Morgan fingerprint density at radius 3 is 2.25 bits per heavy atom. The molecule has 0 saturated heterocycles. The normalized spacial score (nSPS) is 11.8. The zero-order chi connectivity index (χ0) is 20.0. The van der Waals surface area contributed by atoms with Crippen LogP contribution in [0.25, 0.3) is 0 Å². The molecule has 6 nitrogen and oxygen atoms in total. The molecule has 2 aromatic carbocycles. The van der Waals surface area contributed by atoms with Crippen molar-refractivity contribution in [2.45, 2.75) is 25.5 Å². The van der Waals surface area contributed by atoms with Crippen molar-refractivity contribution in [3.63, 3.8) is 0 Å². The first-order valence-corrected chi connectivity index (χ1v) is 9.23. The first-order chi connectivity index (χ1) is 13.7. The van der Waals surface area contributed by atoms with E-state index in [1.807, 2.05) is 60.7 Å². The van der Waals surface area contributed by atoms with Crippen molar-refractivity contribution in [2.24, 2.45) is 0 Å². The molecule has 0 aliphatic rings. The van der Waals surface area contributed by atoms with Crippen LogP contribution in [0.5, 0.6) is 0 Å². The van der Waals surface area contributed by atoms with Crippen LogP contribution in [-0.2, 0) is 22.6 Å². The smallest absolute Gasteiger partial charge is 0.408 e. The lowest BCUT2D eigenvalue weighted by atomic mass is 10.1. The third kappa shape index (κ3) is 8.05. The van der Waals surface area contributed by atoms with Crippen molar-refractivity contribution in [3.8, 4) is 0 Å². The molecule has 0 bridgehead atoms. The Kier molecular flexibility index (Phi) is 9.31. The number of ether oxygens (including phenoxy) is 1. The summed E-state index contributed by atoms with van der Waals surface area (Å²) in [6.45, 7) is 0.525. The van der Waals surface area contributed by atoms with Crippen LogP contribution in [0.4, 0.5) is 4.79 Å². The van der Waals surface area contributed by atoms with Gasteiger partial charge >= 0.3 is 6.09 Å². The first kappa shape index (κ1) is 21.2. The van der Waals surface area contributed by atoms with Gasteiger partial charge in [-0.15, -0.1) is 0 Å². The lowest BCUT2D eigenvalue weighted by Crippen LogP contribution is -2.48. The minimum atomic E-state index is -0.753. The number of carbonyl (C=O) groups excluding carboxylic acids is 2. The predicted molar refractivity (Wildman–Crippen MR) is 108 cm³/mol. The van der Waals surface area contributed by atoms with E-state index in [4.69, 9.17) is 9.84 Å². The highest BCUT2D eigenvalue weighted by Gasteiger charge is 2.21. The van der Waals surface area contributed by atoms with Crippen LogP contribution in [0.1, 0.15) is 17.5 Å². The van der Waals surface area contributed by atoms with E-state index in [-0.39, 0.29) is 19.1 Å². The van der Waals surface area contributed by atoms with E-state index >= 15 is 0 Å². The summed E-state index contributed by atoms with van der Waals surface area (Å²) in [6, 6.07) is 18.1. The third-order valence-corrected chi connectivity index (χ3v) is 3.96. The SMILES string of the molecule is O=C(NC(Cc1ccccc1)C(=O)NC/C=C\CCO)OCc1ccccc1. The largest absolute Gasteiger partial charge is 0.445 e. The minimum absolute atomic E-state index is 0.0654. The molecule has 3 N–H and O–H groups in total. The molecule has 0 aliphatic carbocycles. The van der Waals surface area contributed by atoms with Crippen molar-refractivity contribution >= 4 is 12.0 Å². The van der Waals surface area contributed by atoms with E-state index in [0.717, 1.165) is 11.1 Å². The molecule has 0 fully saturated rings. The van der Waals surface area contributed by atoms with Crippen LogP contribution in [0, 0.1) is 0 Å². The molecule has 28 heavy (non-hydrogen) atoms. The minimum Gasteiger partial charge on any atom is -0.445 e. The number of alkyl carbamates (subject to hydrolysis) is 1. The van der Waals surface area contributed by atoms with Crippen LogP contribution in [0.2, 0.25) is 0 Å². The maximum absolute atomic E-state index is 12.5. The number of hydrogen-bond donors (Lipinski definition) is 3. The second-order valence-corrected chi connectivity index (χ2v) is 6.18. The Balaban J connectivity index is 1.92. The van der Waals surface area contributed by atoms with Crippen molar-refractivity contribution in [3.05, 3.63) is 83.9 Å². The number of benzene rings is 2. The lowest BCUT2D eigenvalue weighted by molar-refractivity contribution is -0.122. The van der Waals surface area contributed by atoms with E-state index in [0.29, 0.717) is 19.4 Å². The Morgan fingerprint density at radius 2 is 1.61 bits per heavy atom. The third-order valence-electron chi connectivity index (χ3n) is 3.96. The van der Waals surface area contributed by atoms with Gasteiger partial charge in [-0.3, -0.25) is 4.79 Å². The van der Waals surface area contributed by atoms with Crippen LogP contribution < -0.4 is 10.6 Å². The molecule has 1 unspecified atom stereocenters. The van der Waals surface area contributed by atoms with Gasteiger partial charge in [-0.2, -0.15) is 0 Å². The highest BCUT2D eigenvalue weighted by atomic mass is 16.5. The number of carbonyl (C=O) groups is 2. The summed E-state index contributed by atoms with van der Waals surface area (Å²) in [5.74, 6) is -0.297. The van der Waals surface area contributed by atoms with Crippen LogP contribution in [0.3, 0.4) is 0 Å². The van der Waals surface area contributed by atoms with Crippen molar-refractivity contribution < 1.29 is 19.4 Å². The quantitative estimate of drug-likeness (QED) is 0.551. The summed E-state index contributed by atoms with van der Waals surface area (Å²) in [5.41, 5.74) is 1.80. The Hall–Kier alpha value is -3.12. The van der Waals surface area contributed by atoms with E-state index in [9.17, 15) is 9.59 Å². The van der Waals surface area contributed by atoms with Gasteiger partial charge in [0.25, 0.3) is 0 Å². The van der Waals surface area contributed by atoms with E-state index < -0.39 is 12.1 Å². The number of hydrogen-bond acceptors (Lipinski definition) is 4. The zero-order valence-electron chi connectivity index (χ0n) is 15.7. The predicted octanol–water partition coefficient (Wildman–Crippen LogP) is 2.58. The fourth-order valence-corrected chi connectivity index (χ4v) is 2.52. The zero-order valence-corrected chi connectivity index (χ0v) is 15.7. The number of aliphatic hydroxyl groups excluding tert-OH is 1. The molecule has 2 amide bonds. The Labute approximate surface area is 165 Å². The molecule has 148 valence electrons. The van der Waals surface area contributed by atoms with Crippen molar-refractivity contribution in [1.29, 1.82) is 0 Å². The van der Waals surface area contributed by atoms with Gasteiger partial charge in [0.05, 0.1) is 0 Å². The van der Waals surface area contributed by atoms with Gasteiger partial charge in [0, 0.05) is 19.6 Å². The molecule has 0 aromatic heterocycles. The van der Waals surface area contributed by atoms with Gasteiger partial charge in [-0.25, -0.2) is 4.79 Å². The van der Waals surface area contributed by atoms with Gasteiger partial charge in [0.2, 0.25) is 5.91 Å². The molecular formula is C22H26N2O4. The summed E-state index contributed by atoms with van der Waals surface area (Å²) in [5, 5.41) is 14.2. The van der Waals surface area contributed by atoms with Gasteiger partial charge in [-0.1, -0.05) is 72.8 Å². The number of rotatable bonds is 10. The molecule has 0 saturated carbocycles. The topological polar surface area (TPSA) is 87.7 Å². The fourth-order valence-electron chi connectivity index (χ4n) is 2.52. The molecule has 0 radical (unpaired) electrons. The van der Waals surface area contributed by atoms with Gasteiger partial charge < -0.3 is 20.5 Å². The summed E-state index contributed by atoms with van der Waals surface area (Å²) in [4.78, 5) is 24.7. The van der Waals surface area contributed by atoms with Crippen molar-refractivity contribution in [2.75, 3.05) is 13.2 Å². The van der Waals surface area contributed by atoms with Gasteiger partial charge in [0.1, 0.15) is 12.6 Å². The summed E-state index contributed by atoms with van der Waals surface area (Å²) in [6.07, 6.45) is 3.80. The standard InChI is InChI=1S/C22H26N2O4/c25-15-9-3-8-14-23-21(26)20(16-18-10-4-1-5-11-18)24-22(27)28-17-19-12-6-2-7-13-19/h1-8,10-13,20,25H,9,14-17H2,(H,23,26)(H,24,27)/b8-3-. The molecular weight excluding hydrogens is 356 g/mol. The highest BCUT2D eigenvalue weighted by Crippen LogP contribution is 2.05. The first-order valence-electron chi connectivity index (χ1n) is 9.23. The second kappa shape index (κ2) is 12.3. The monoisotopic (exact) mass is 382 g/mol. The lowest BCUT2D eigenvalue weighted by Gasteiger charge is -2.18. The summed E-state index contributed by atoms with van der Waals surface area (Å²) < 4.78 is 5.23. The molecule has 2 aromatic rings. The molecule has 0 heterocycles. The number of amides is 2. The molecule has 6 heteroatoms. The Morgan fingerprint density at radius 1 is 0.964 bits per heavy atom. The second-order valence-electron chi connectivity index (χ2n) is 6.18. The average molecular weight is 382 g/mol. The average Bonchev–Trinajstić information content (AvgIpc) is 2.73. The van der Waals surface area contributed by atoms with Crippen molar-refractivity contribution in [1.82, 2.24) is 10.6 Å².